The third kappa shape index (κ3) is 6.59. The van der Waals surface area contributed by atoms with Gasteiger partial charge in [0.25, 0.3) is 5.91 Å². The molecule has 1 rings (SSSR count). The van der Waals surface area contributed by atoms with Crippen LogP contribution in [0.2, 0.25) is 0 Å². The van der Waals surface area contributed by atoms with Crippen molar-refractivity contribution in [2.24, 2.45) is 0 Å². The Kier molecular flexibility index (Phi) is 10.2. The average molecular weight is 726 g/mol. The lowest BCUT2D eigenvalue weighted by molar-refractivity contribution is -0.436. The maximum absolute atomic E-state index is 13.8. The highest BCUT2D eigenvalue weighted by molar-refractivity contribution is 14.1. The Morgan fingerprint density at radius 2 is 1.25 bits per heavy atom. The van der Waals surface area contributed by atoms with E-state index in [-0.39, 0.29) is 24.9 Å². The van der Waals surface area contributed by atoms with Gasteiger partial charge >= 0.3 is 35.8 Å². The highest BCUT2D eigenvalue weighted by atomic mass is 127. The molecule has 0 aliphatic rings. The summed E-state index contributed by atoms with van der Waals surface area (Å²) in [5.74, 6) is -37.6. The van der Waals surface area contributed by atoms with Crippen LogP contribution < -0.4 is 5.32 Å². The first-order chi connectivity index (χ1) is 16.0. The maximum Gasteiger partial charge on any atom is 0.460 e. The van der Waals surface area contributed by atoms with Gasteiger partial charge in [-0.2, -0.15) is 57.1 Å². The molecule has 0 atom stereocenters. The lowest BCUT2D eigenvalue weighted by Gasteiger charge is -2.39. The first-order valence-corrected chi connectivity index (χ1v) is 11.3. The summed E-state index contributed by atoms with van der Waals surface area (Å²) in [5, 5.41) is 2.44. The molecule has 206 valence electrons. The lowest BCUT2D eigenvalue weighted by Crippen LogP contribution is -2.69. The van der Waals surface area contributed by atoms with Crippen molar-refractivity contribution in [3.05, 3.63) is 44.0 Å². The van der Waals surface area contributed by atoms with E-state index in [9.17, 15) is 61.9 Å². The van der Waals surface area contributed by atoms with Crippen molar-refractivity contribution >= 4 is 44.4 Å². The molecule has 0 saturated heterocycles. The van der Waals surface area contributed by atoms with E-state index < -0.39 is 57.8 Å². The van der Waals surface area contributed by atoms with Crippen LogP contribution in [0, 0.1) is 0 Å². The van der Waals surface area contributed by atoms with Gasteiger partial charge in [0.05, 0.1) is 0 Å². The van der Waals surface area contributed by atoms with Gasteiger partial charge in [0, 0.05) is 22.7 Å². The van der Waals surface area contributed by atoms with Crippen molar-refractivity contribution in [3.8, 4) is 0 Å². The molecule has 0 spiro atoms. The summed E-state index contributed by atoms with van der Waals surface area (Å²) in [6, 6.07) is 6.08. The summed E-state index contributed by atoms with van der Waals surface area (Å²) < 4.78 is 170. The second kappa shape index (κ2) is 11.2. The van der Waals surface area contributed by atoms with Crippen molar-refractivity contribution < 1.29 is 61.9 Å². The standard InChI is InChI=1S/C19H14BrF13INO/c20-11-6-4-10(5-7-11)13(36)35-8-2-1-3-12(34)9-14(21,22)15(23,24)16(25,26)17(27,28)18(29,30)19(31,32)33/h4-7,9H,1-3,8H2,(H,35,36). The zero-order valence-electron chi connectivity index (χ0n) is 17.3. The summed E-state index contributed by atoms with van der Waals surface area (Å²) in [5.41, 5.74) is 0.267. The SMILES string of the molecule is O=C(NCCCCC(I)=CC(F)(F)C(F)(F)C(F)(F)C(F)(F)C(F)(F)C(F)(F)F)c1ccc(Br)cc1. The molecule has 1 amide bonds. The minimum atomic E-state index is -7.92. The Hall–Kier alpha value is -1.27. The van der Waals surface area contributed by atoms with E-state index in [0.29, 0.717) is 4.47 Å². The van der Waals surface area contributed by atoms with Crippen LogP contribution in [0.4, 0.5) is 57.1 Å². The zero-order chi connectivity index (χ0) is 28.4. The number of rotatable bonds is 11. The molecule has 0 unspecified atom stereocenters. The van der Waals surface area contributed by atoms with Crippen molar-refractivity contribution in [2.75, 3.05) is 6.54 Å². The van der Waals surface area contributed by atoms with Crippen molar-refractivity contribution in [2.45, 2.75) is 55.1 Å². The van der Waals surface area contributed by atoms with Gasteiger partial charge in [-0.25, -0.2) is 0 Å². The number of amides is 1. The van der Waals surface area contributed by atoms with Gasteiger partial charge in [0.2, 0.25) is 0 Å². The van der Waals surface area contributed by atoms with E-state index in [1.165, 1.54) is 12.1 Å². The fourth-order valence-corrected chi connectivity index (χ4v) is 3.50. The van der Waals surface area contributed by atoms with Crippen molar-refractivity contribution in [1.82, 2.24) is 5.32 Å². The van der Waals surface area contributed by atoms with Crippen LogP contribution in [0.3, 0.4) is 0 Å². The number of benzene rings is 1. The molecule has 36 heavy (non-hydrogen) atoms. The van der Waals surface area contributed by atoms with E-state index >= 15 is 0 Å². The van der Waals surface area contributed by atoms with E-state index in [0.717, 1.165) is 22.6 Å². The zero-order valence-corrected chi connectivity index (χ0v) is 21.0. The van der Waals surface area contributed by atoms with Crippen LogP contribution >= 0.6 is 38.5 Å². The van der Waals surface area contributed by atoms with Gasteiger partial charge < -0.3 is 5.32 Å². The molecule has 0 aliphatic heterocycles. The smallest absolute Gasteiger partial charge is 0.352 e. The summed E-state index contributed by atoms with van der Waals surface area (Å²) >= 11 is 4.11. The monoisotopic (exact) mass is 725 g/mol. The molecule has 1 aromatic carbocycles. The molecular weight excluding hydrogens is 712 g/mol. The molecule has 17 heteroatoms. The Morgan fingerprint density at radius 3 is 1.72 bits per heavy atom. The van der Waals surface area contributed by atoms with Crippen LogP contribution in [0.5, 0.6) is 0 Å². The molecule has 1 aromatic rings. The van der Waals surface area contributed by atoms with E-state index in [1.54, 1.807) is 12.1 Å². The Bertz CT molecular complexity index is 946. The molecule has 0 radical (unpaired) electrons. The number of carbonyl (C=O) groups excluding carboxylic acids is 1. The number of hydrogen-bond acceptors (Lipinski definition) is 1. The van der Waals surface area contributed by atoms with Gasteiger partial charge in [-0.05, 0) is 69.7 Å². The third-order valence-corrected chi connectivity index (χ3v) is 5.91. The van der Waals surface area contributed by atoms with E-state index in [2.05, 4.69) is 21.2 Å². The second-order valence-electron chi connectivity index (χ2n) is 7.23. The minimum absolute atomic E-state index is 0.0395. The quantitative estimate of drug-likeness (QED) is 0.139. The molecule has 0 fully saturated rings. The van der Waals surface area contributed by atoms with Gasteiger partial charge in [0.15, 0.2) is 0 Å². The largest absolute Gasteiger partial charge is 0.460 e. The molecule has 2 nitrogen and oxygen atoms in total. The first-order valence-electron chi connectivity index (χ1n) is 9.39. The topological polar surface area (TPSA) is 29.1 Å². The summed E-state index contributed by atoms with van der Waals surface area (Å²) in [6.07, 6.45) is -8.95. The van der Waals surface area contributed by atoms with Crippen LogP contribution in [0.25, 0.3) is 0 Å². The summed E-state index contributed by atoms with van der Waals surface area (Å²) in [4.78, 5) is 11.9. The normalized spacial score (nSPS) is 14.7. The average Bonchev–Trinajstić information content (AvgIpc) is 2.72. The highest BCUT2D eigenvalue weighted by Gasteiger charge is 2.90. The van der Waals surface area contributed by atoms with Crippen LogP contribution in [0.15, 0.2) is 38.4 Å². The molecule has 0 heterocycles. The summed E-state index contributed by atoms with van der Waals surface area (Å²) in [6.45, 7) is -0.0395. The number of nitrogens with one attached hydrogen (secondary N) is 1. The third-order valence-electron chi connectivity index (χ3n) is 4.53. The number of unbranched alkanes of at least 4 members (excludes halogenated alkanes) is 1. The highest BCUT2D eigenvalue weighted by Crippen LogP contribution is 2.60. The fourth-order valence-electron chi connectivity index (χ4n) is 2.47. The number of alkyl halides is 13. The number of carbonyl (C=O) groups is 1. The Labute approximate surface area is 216 Å². The van der Waals surface area contributed by atoms with Gasteiger partial charge in [-0.3, -0.25) is 4.79 Å². The van der Waals surface area contributed by atoms with Crippen LogP contribution in [0.1, 0.15) is 29.6 Å². The van der Waals surface area contributed by atoms with Gasteiger partial charge in [0.1, 0.15) is 0 Å². The molecular formula is C19H14BrF13INO. The molecule has 0 bridgehead atoms. The van der Waals surface area contributed by atoms with Gasteiger partial charge in [-0.1, -0.05) is 15.9 Å². The molecule has 1 N–H and O–H groups in total. The molecule has 0 saturated carbocycles. The van der Waals surface area contributed by atoms with Crippen molar-refractivity contribution in [1.29, 1.82) is 0 Å². The van der Waals surface area contributed by atoms with Gasteiger partial charge in [-0.15, -0.1) is 0 Å². The fraction of sp³-hybridized carbons (Fsp3) is 0.526. The van der Waals surface area contributed by atoms with E-state index in [1.807, 2.05) is 0 Å². The predicted octanol–water partition coefficient (Wildman–Crippen LogP) is 8.41. The van der Waals surface area contributed by atoms with Crippen LogP contribution in [-0.2, 0) is 0 Å². The Morgan fingerprint density at radius 1 is 0.778 bits per heavy atom. The Balaban J connectivity index is 2.86. The minimum Gasteiger partial charge on any atom is -0.352 e. The number of allylic oxidation sites excluding steroid dienone is 2. The van der Waals surface area contributed by atoms with Crippen molar-refractivity contribution in [3.63, 3.8) is 0 Å². The maximum atomic E-state index is 13.8. The van der Waals surface area contributed by atoms with E-state index in [4.69, 9.17) is 0 Å². The molecule has 0 aliphatic carbocycles. The second-order valence-corrected chi connectivity index (χ2v) is 9.53. The molecule has 0 aromatic heterocycles. The predicted molar refractivity (Wildman–Crippen MR) is 113 cm³/mol. The summed E-state index contributed by atoms with van der Waals surface area (Å²) in [7, 11) is 0. The first kappa shape index (κ1) is 32.8. The number of hydrogen-bond donors (Lipinski definition) is 1. The van der Waals surface area contributed by atoms with Crippen LogP contribution in [-0.4, -0.2) is 48.2 Å². The lowest BCUT2D eigenvalue weighted by atomic mass is 9.93. The number of halogens is 15.